The number of nitrogens with two attached hydrogens (primary N) is 1. The molecule has 150 valence electrons. The minimum Gasteiger partial charge on any atom is -0.368 e. The van der Waals surface area contributed by atoms with Crippen molar-refractivity contribution in [3.8, 4) is 11.6 Å². The number of carbonyl (C=O) groups excluding carboxylic acids is 2. The number of halogens is 1. The Morgan fingerprint density at radius 2 is 2.03 bits per heavy atom. The highest BCUT2D eigenvalue weighted by atomic mass is 19.1. The van der Waals surface area contributed by atoms with E-state index in [4.69, 9.17) is 10.3 Å². The van der Waals surface area contributed by atoms with E-state index in [1.54, 1.807) is 4.90 Å². The van der Waals surface area contributed by atoms with Crippen molar-refractivity contribution in [2.45, 2.75) is 25.3 Å². The number of carbonyl (C=O) groups is 2. The quantitative estimate of drug-likeness (QED) is 0.676. The molecule has 2 amide bonds. The lowest BCUT2D eigenvalue weighted by Crippen LogP contribution is -2.39. The Morgan fingerprint density at radius 3 is 2.79 bits per heavy atom. The Hall–Kier alpha value is -3.63. The summed E-state index contributed by atoms with van der Waals surface area (Å²) in [6.45, 7) is 0.926. The van der Waals surface area contributed by atoms with Crippen LogP contribution in [0.4, 0.5) is 4.39 Å². The molecular formula is C18H18FN7O3. The van der Waals surface area contributed by atoms with Crippen LogP contribution in [0.25, 0.3) is 11.6 Å². The minimum atomic E-state index is -0.539. The zero-order valence-corrected chi connectivity index (χ0v) is 15.4. The predicted molar refractivity (Wildman–Crippen MR) is 96.8 cm³/mol. The number of hydrogen-bond donors (Lipinski definition) is 1. The largest absolute Gasteiger partial charge is 0.368 e. The van der Waals surface area contributed by atoms with Crippen molar-refractivity contribution in [1.29, 1.82) is 0 Å². The monoisotopic (exact) mass is 399 g/mol. The standard InChI is InChI=1S/C18H18FN7O3/c19-13-5-3-11(4-6-13)18(28)25-7-1-2-12(8-25)17-22-16(24-29-17)15-21-10-26(23-15)9-14(20)27/h3-6,10,12H,1-2,7-9H2,(H2,20,27). The summed E-state index contributed by atoms with van der Waals surface area (Å²) in [5.41, 5.74) is 5.57. The fourth-order valence-corrected chi connectivity index (χ4v) is 3.26. The average Bonchev–Trinajstić information content (AvgIpc) is 3.37. The number of piperidine rings is 1. The molecule has 2 aromatic heterocycles. The Bertz CT molecular complexity index is 1030. The first kappa shape index (κ1) is 18.7. The maximum atomic E-state index is 13.1. The van der Waals surface area contributed by atoms with Crippen LogP contribution in [0.3, 0.4) is 0 Å². The van der Waals surface area contributed by atoms with Gasteiger partial charge in [0.05, 0.1) is 5.92 Å². The van der Waals surface area contributed by atoms with E-state index in [-0.39, 0.29) is 35.8 Å². The Morgan fingerprint density at radius 1 is 1.24 bits per heavy atom. The van der Waals surface area contributed by atoms with Gasteiger partial charge < -0.3 is 15.2 Å². The highest BCUT2D eigenvalue weighted by Crippen LogP contribution is 2.27. The van der Waals surface area contributed by atoms with E-state index >= 15 is 0 Å². The van der Waals surface area contributed by atoms with Gasteiger partial charge in [0.15, 0.2) is 0 Å². The molecule has 1 aliphatic heterocycles. The van der Waals surface area contributed by atoms with E-state index in [0.717, 1.165) is 12.8 Å². The van der Waals surface area contributed by atoms with Crippen molar-refractivity contribution in [3.05, 3.63) is 47.9 Å². The third-order valence-electron chi connectivity index (χ3n) is 4.65. The van der Waals surface area contributed by atoms with Crippen LogP contribution >= 0.6 is 0 Å². The van der Waals surface area contributed by atoms with Crippen LogP contribution in [0.15, 0.2) is 35.1 Å². The first-order valence-corrected chi connectivity index (χ1v) is 9.06. The van der Waals surface area contributed by atoms with E-state index in [9.17, 15) is 14.0 Å². The lowest BCUT2D eigenvalue weighted by Gasteiger charge is -2.31. The summed E-state index contributed by atoms with van der Waals surface area (Å²) in [6, 6.07) is 5.48. The molecule has 0 saturated carbocycles. The van der Waals surface area contributed by atoms with Crippen molar-refractivity contribution < 1.29 is 18.5 Å². The maximum absolute atomic E-state index is 13.1. The number of primary amides is 1. The van der Waals surface area contributed by atoms with E-state index in [1.165, 1.54) is 35.3 Å². The molecule has 1 aliphatic rings. The van der Waals surface area contributed by atoms with Gasteiger partial charge in [0.25, 0.3) is 5.91 Å². The molecule has 29 heavy (non-hydrogen) atoms. The molecule has 10 nitrogen and oxygen atoms in total. The van der Waals surface area contributed by atoms with Crippen LogP contribution in [0, 0.1) is 5.82 Å². The number of benzene rings is 1. The molecule has 3 heterocycles. The number of rotatable bonds is 5. The molecular weight excluding hydrogens is 381 g/mol. The molecule has 1 aromatic carbocycles. The molecule has 0 bridgehead atoms. The van der Waals surface area contributed by atoms with Gasteiger partial charge in [-0.15, -0.1) is 5.10 Å². The topological polar surface area (TPSA) is 133 Å². The second-order valence-corrected chi connectivity index (χ2v) is 6.79. The van der Waals surface area contributed by atoms with E-state index in [0.29, 0.717) is 24.5 Å². The third kappa shape index (κ3) is 4.13. The summed E-state index contributed by atoms with van der Waals surface area (Å²) >= 11 is 0. The lowest BCUT2D eigenvalue weighted by molar-refractivity contribution is -0.118. The van der Waals surface area contributed by atoms with Gasteiger partial charge in [-0.25, -0.2) is 14.1 Å². The average molecular weight is 399 g/mol. The van der Waals surface area contributed by atoms with E-state index in [2.05, 4.69) is 20.2 Å². The van der Waals surface area contributed by atoms with Gasteiger partial charge in [-0.1, -0.05) is 5.16 Å². The SMILES string of the molecule is NC(=O)Cn1cnc(-c2noc(C3CCCN(C(=O)c4ccc(F)cc4)C3)n2)n1. The highest BCUT2D eigenvalue weighted by Gasteiger charge is 2.29. The first-order chi connectivity index (χ1) is 14.0. The minimum absolute atomic E-state index is 0.0964. The third-order valence-corrected chi connectivity index (χ3v) is 4.65. The van der Waals surface area contributed by atoms with Gasteiger partial charge in [-0.05, 0) is 37.1 Å². The van der Waals surface area contributed by atoms with Crippen LogP contribution < -0.4 is 5.73 Å². The zero-order valence-electron chi connectivity index (χ0n) is 15.4. The van der Waals surface area contributed by atoms with Crippen LogP contribution in [-0.2, 0) is 11.3 Å². The van der Waals surface area contributed by atoms with Gasteiger partial charge in [-0.2, -0.15) is 4.98 Å². The normalized spacial score (nSPS) is 16.7. The molecule has 1 saturated heterocycles. The summed E-state index contributed by atoms with van der Waals surface area (Å²) in [7, 11) is 0. The summed E-state index contributed by atoms with van der Waals surface area (Å²) in [6.07, 6.45) is 2.93. The Kier molecular flexibility index (Phi) is 5.02. The number of amides is 2. The summed E-state index contributed by atoms with van der Waals surface area (Å²) in [5.74, 6) is -0.403. The van der Waals surface area contributed by atoms with E-state index in [1.807, 2.05) is 0 Å². The lowest BCUT2D eigenvalue weighted by atomic mass is 9.97. The van der Waals surface area contributed by atoms with Gasteiger partial charge in [0.1, 0.15) is 18.7 Å². The van der Waals surface area contributed by atoms with Crippen LogP contribution in [0.1, 0.15) is 35.0 Å². The number of hydrogen-bond acceptors (Lipinski definition) is 7. The van der Waals surface area contributed by atoms with Gasteiger partial charge >= 0.3 is 0 Å². The van der Waals surface area contributed by atoms with Crippen LogP contribution in [0.5, 0.6) is 0 Å². The second kappa shape index (κ2) is 7.78. The van der Waals surface area contributed by atoms with Crippen molar-refractivity contribution in [2.24, 2.45) is 5.73 Å². The van der Waals surface area contributed by atoms with Crippen LogP contribution in [0.2, 0.25) is 0 Å². The fourth-order valence-electron chi connectivity index (χ4n) is 3.26. The summed E-state index contributed by atoms with van der Waals surface area (Å²) in [5, 5.41) is 8.00. The predicted octanol–water partition coefficient (Wildman–Crippen LogP) is 0.972. The molecule has 1 fully saturated rings. The molecule has 11 heteroatoms. The van der Waals surface area contributed by atoms with Gasteiger partial charge in [-0.3, -0.25) is 9.59 Å². The Labute approximate surface area is 164 Å². The molecule has 0 aliphatic carbocycles. The molecule has 3 aromatic rings. The zero-order chi connectivity index (χ0) is 20.4. The number of likely N-dealkylation sites (tertiary alicyclic amines) is 1. The van der Waals surface area contributed by atoms with Crippen molar-refractivity contribution in [2.75, 3.05) is 13.1 Å². The highest BCUT2D eigenvalue weighted by molar-refractivity contribution is 5.94. The number of nitrogens with zero attached hydrogens (tertiary/aromatic N) is 6. The molecule has 4 rings (SSSR count). The maximum Gasteiger partial charge on any atom is 0.253 e. The fraction of sp³-hybridized carbons (Fsp3) is 0.333. The number of aromatic nitrogens is 5. The van der Waals surface area contributed by atoms with E-state index < -0.39 is 5.91 Å². The van der Waals surface area contributed by atoms with Crippen molar-refractivity contribution >= 4 is 11.8 Å². The molecule has 2 N–H and O–H groups in total. The molecule has 1 atom stereocenters. The van der Waals surface area contributed by atoms with Crippen molar-refractivity contribution in [3.63, 3.8) is 0 Å². The van der Waals surface area contributed by atoms with Gasteiger partial charge in [0, 0.05) is 18.7 Å². The van der Waals surface area contributed by atoms with Crippen molar-refractivity contribution in [1.82, 2.24) is 29.8 Å². The Balaban J connectivity index is 1.46. The molecule has 0 spiro atoms. The second-order valence-electron chi connectivity index (χ2n) is 6.79. The summed E-state index contributed by atoms with van der Waals surface area (Å²) < 4.78 is 19.8. The van der Waals surface area contributed by atoms with Gasteiger partial charge in [0.2, 0.25) is 23.4 Å². The van der Waals surface area contributed by atoms with Crippen LogP contribution in [-0.4, -0.2) is 54.7 Å². The molecule has 0 radical (unpaired) electrons. The molecule has 1 unspecified atom stereocenters. The first-order valence-electron chi connectivity index (χ1n) is 9.06. The summed E-state index contributed by atoms with van der Waals surface area (Å²) in [4.78, 5) is 33.8. The smallest absolute Gasteiger partial charge is 0.253 e.